The Hall–Kier alpha value is -0.243. The van der Waals surface area contributed by atoms with Gasteiger partial charge < -0.3 is 4.43 Å². The van der Waals surface area contributed by atoms with E-state index in [0.717, 1.165) is 6.42 Å². The van der Waals surface area contributed by atoms with Gasteiger partial charge in [0, 0.05) is 6.42 Å². The number of hydrogen-bond donors (Lipinski definition) is 0. The Kier molecular flexibility index (Phi) is 6.48. The van der Waals surface area contributed by atoms with E-state index in [1.165, 1.54) is 44.3 Å². The molecule has 0 saturated heterocycles. The predicted molar refractivity (Wildman–Crippen MR) is 83.3 cm³/mol. The van der Waals surface area contributed by atoms with Crippen LogP contribution in [0.15, 0.2) is 11.8 Å². The summed E-state index contributed by atoms with van der Waals surface area (Å²) in [6.07, 6.45) is 11.8. The first-order chi connectivity index (χ1) is 8.39. The van der Waals surface area contributed by atoms with Crippen LogP contribution in [0.2, 0.25) is 13.1 Å². The van der Waals surface area contributed by atoms with Crippen LogP contribution in [0.3, 0.4) is 0 Å². The highest BCUT2D eigenvalue weighted by Crippen LogP contribution is 2.34. The molecule has 0 spiro atoms. The van der Waals surface area contributed by atoms with E-state index < -0.39 is 9.04 Å². The van der Waals surface area contributed by atoms with Gasteiger partial charge in [0.15, 0.2) is 0 Å². The lowest BCUT2D eigenvalue weighted by molar-refractivity contribution is 0.259. The monoisotopic (exact) mass is 268 g/mol. The maximum absolute atomic E-state index is 6.15. The number of rotatable bonds is 2. The molecule has 2 heteroatoms. The van der Waals surface area contributed by atoms with E-state index in [1.807, 2.05) is 0 Å². The molecule has 0 aromatic rings. The normalized spacial score (nSPS) is 26.6. The highest BCUT2D eigenvalue weighted by molar-refractivity contribution is 6.48. The smallest absolute Gasteiger partial charge is 0.229 e. The Bertz CT molecular complexity index is 263. The minimum atomic E-state index is -0.954. The molecule has 0 amide bonds. The highest BCUT2D eigenvalue weighted by Gasteiger charge is 2.23. The van der Waals surface area contributed by atoms with Crippen LogP contribution in [0, 0.1) is 11.3 Å². The molecule has 1 nitrogen and oxygen atoms in total. The summed E-state index contributed by atoms with van der Waals surface area (Å²) in [6, 6.07) is 0. The van der Waals surface area contributed by atoms with Crippen LogP contribution >= 0.6 is 0 Å². The summed E-state index contributed by atoms with van der Waals surface area (Å²) in [7, 11) is -0.954. The van der Waals surface area contributed by atoms with Gasteiger partial charge in [0.05, 0.1) is 5.76 Å². The molecule has 0 bridgehead atoms. The van der Waals surface area contributed by atoms with Crippen LogP contribution in [0.25, 0.3) is 0 Å². The quantitative estimate of drug-likeness (QED) is 0.619. The van der Waals surface area contributed by atoms with Crippen LogP contribution in [0.5, 0.6) is 0 Å². The fourth-order valence-corrected chi connectivity index (χ4v) is 3.47. The highest BCUT2D eigenvalue weighted by atomic mass is 28.3. The molecule has 18 heavy (non-hydrogen) atoms. The first-order valence-corrected chi connectivity index (χ1v) is 10.5. The van der Waals surface area contributed by atoms with Crippen LogP contribution in [0.4, 0.5) is 0 Å². The Morgan fingerprint density at radius 1 is 1.06 bits per heavy atom. The zero-order valence-electron chi connectivity index (χ0n) is 13.1. The van der Waals surface area contributed by atoms with Gasteiger partial charge in [0.2, 0.25) is 9.04 Å². The Balaban J connectivity index is 2.80. The first kappa shape index (κ1) is 15.8. The van der Waals surface area contributed by atoms with Crippen molar-refractivity contribution in [3.8, 4) is 0 Å². The molecule has 1 atom stereocenters. The SMILES string of the molecule is C[SiH](C)O/C1=C/C(C(C)(C)C)CCCCCCC1. The fourth-order valence-electron chi connectivity index (χ4n) is 2.67. The zero-order valence-corrected chi connectivity index (χ0v) is 14.2. The molecule has 1 aliphatic rings. The van der Waals surface area contributed by atoms with Crippen LogP contribution in [-0.4, -0.2) is 9.04 Å². The molecule has 1 aliphatic carbocycles. The number of hydrogen-bond acceptors (Lipinski definition) is 1. The van der Waals surface area contributed by atoms with Gasteiger partial charge in [-0.2, -0.15) is 0 Å². The van der Waals surface area contributed by atoms with Crippen molar-refractivity contribution in [2.45, 2.75) is 78.8 Å². The Morgan fingerprint density at radius 2 is 1.67 bits per heavy atom. The second-order valence-electron chi connectivity index (χ2n) is 7.08. The Morgan fingerprint density at radius 3 is 2.28 bits per heavy atom. The molecule has 0 aromatic carbocycles. The van der Waals surface area contributed by atoms with Crippen LogP contribution in [0.1, 0.15) is 65.7 Å². The van der Waals surface area contributed by atoms with Gasteiger partial charge in [-0.1, -0.05) is 46.5 Å². The van der Waals surface area contributed by atoms with Crippen molar-refractivity contribution in [2.24, 2.45) is 11.3 Å². The van der Waals surface area contributed by atoms with Gasteiger partial charge in [0.25, 0.3) is 0 Å². The molecule has 106 valence electrons. The first-order valence-electron chi connectivity index (χ1n) is 7.77. The van der Waals surface area contributed by atoms with E-state index in [4.69, 9.17) is 4.43 Å². The number of allylic oxidation sites excluding steroid dienone is 2. The van der Waals surface area contributed by atoms with Crippen molar-refractivity contribution < 1.29 is 4.43 Å². The third-order valence-corrected chi connectivity index (χ3v) is 4.60. The van der Waals surface area contributed by atoms with Crippen molar-refractivity contribution in [2.75, 3.05) is 0 Å². The minimum absolute atomic E-state index is 0.367. The molecule has 0 aliphatic heterocycles. The van der Waals surface area contributed by atoms with Crippen molar-refractivity contribution in [3.63, 3.8) is 0 Å². The summed E-state index contributed by atoms with van der Waals surface area (Å²) in [5.41, 5.74) is 0.367. The van der Waals surface area contributed by atoms with Crippen molar-refractivity contribution in [1.82, 2.24) is 0 Å². The molecule has 0 N–H and O–H groups in total. The second kappa shape index (κ2) is 7.37. The maximum Gasteiger partial charge on any atom is 0.229 e. The lowest BCUT2D eigenvalue weighted by Crippen LogP contribution is -2.20. The lowest BCUT2D eigenvalue weighted by Gasteiger charge is -2.30. The average Bonchev–Trinajstić information content (AvgIpc) is 2.24. The molecule has 0 heterocycles. The van der Waals surface area contributed by atoms with Crippen molar-refractivity contribution in [1.29, 1.82) is 0 Å². The molecule has 0 aromatic heterocycles. The summed E-state index contributed by atoms with van der Waals surface area (Å²) < 4.78 is 6.15. The zero-order chi connectivity index (χ0) is 13.6. The average molecular weight is 269 g/mol. The third-order valence-electron chi connectivity index (χ3n) is 3.82. The van der Waals surface area contributed by atoms with Crippen LogP contribution in [-0.2, 0) is 4.43 Å². The van der Waals surface area contributed by atoms with E-state index in [-0.39, 0.29) is 0 Å². The summed E-state index contributed by atoms with van der Waals surface area (Å²) in [6.45, 7) is 11.6. The van der Waals surface area contributed by atoms with Crippen molar-refractivity contribution >= 4 is 9.04 Å². The van der Waals surface area contributed by atoms with Gasteiger partial charge in [-0.15, -0.1) is 0 Å². The fraction of sp³-hybridized carbons (Fsp3) is 0.875. The molecule has 0 saturated carbocycles. The van der Waals surface area contributed by atoms with Gasteiger partial charge in [-0.25, -0.2) is 0 Å². The molecule has 0 radical (unpaired) electrons. The van der Waals surface area contributed by atoms with E-state index in [2.05, 4.69) is 39.9 Å². The summed E-state index contributed by atoms with van der Waals surface area (Å²) in [5, 5.41) is 0. The maximum atomic E-state index is 6.15. The standard InChI is InChI=1S/C16H32OSi/c1-16(2,3)14-11-9-7-6-8-10-12-15(13-14)17-18(4)5/h13-14,18H,6-12H2,1-5H3/b15-13+. The van der Waals surface area contributed by atoms with Crippen molar-refractivity contribution in [3.05, 3.63) is 11.8 Å². The van der Waals surface area contributed by atoms with Gasteiger partial charge in [-0.3, -0.25) is 0 Å². The second-order valence-corrected chi connectivity index (χ2v) is 9.41. The molecule has 1 rings (SSSR count). The summed E-state index contributed by atoms with van der Waals surface area (Å²) >= 11 is 0. The van der Waals surface area contributed by atoms with E-state index >= 15 is 0 Å². The van der Waals surface area contributed by atoms with Gasteiger partial charge >= 0.3 is 0 Å². The van der Waals surface area contributed by atoms with Gasteiger partial charge in [0.1, 0.15) is 0 Å². The lowest BCUT2D eigenvalue weighted by atomic mass is 9.77. The molecule has 1 unspecified atom stereocenters. The van der Waals surface area contributed by atoms with Gasteiger partial charge in [-0.05, 0) is 43.3 Å². The van der Waals surface area contributed by atoms with E-state index in [9.17, 15) is 0 Å². The Labute approximate surface area is 116 Å². The predicted octanol–water partition coefficient (Wildman–Crippen LogP) is 5.28. The van der Waals surface area contributed by atoms with Crippen LogP contribution < -0.4 is 0 Å². The topological polar surface area (TPSA) is 9.23 Å². The summed E-state index contributed by atoms with van der Waals surface area (Å²) in [4.78, 5) is 0. The van der Waals surface area contributed by atoms with E-state index in [1.54, 1.807) is 0 Å². The largest absolute Gasteiger partial charge is 0.550 e. The van der Waals surface area contributed by atoms with E-state index in [0.29, 0.717) is 11.3 Å². The molecular formula is C16H32OSi. The third kappa shape index (κ3) is 6.08. The molecule has 0 fully saturated rings. The summed E-state index contributed by atoms with van der Waals surface area (Å²) in [5.74, 6) is 1.98. The molecular weight excluding hydrogens is 236 g/mol. The minimum Gasteiger partial charge on any atom is -0.550 e.